The van der Waals surface area contributed by atoms with E-state index in [0.29, 0.717) is 17.5 Å². The number of hydrogen-bond donors (Lipinski definition) is 0. The Morgan fingerprint density at radius 2 is 0.783 bits per heavy atom. The summed E-state index contributed by atoms with van der Waals surface area (Å²) in [6.07, 6.45) is 0. The highest BCUT2D eigenvalue weighted by molar-refractivity contribution is 5.88. The first kappa shape index (κ1) is 35.4. The van der Waals surface area contributed by atoms with Gasteiger partial charge in [-0.05, 0) is 93.0 Å². The molecule has 60 heavy (non-hydrogen) atoms. The molecule has 0 saturated heterocycles. The zero-order valence-electron chi connectivity index (χ0n) is 33.3. The van der Waals surface area contributed by atoms with Crippen molar-refractivity contribution in [2.24, 2.45) is 0 Å². The van der Waals surface area contributed by atoms with Gasteiger partial charge in [0.2, 0.25) is 0 Å². The molecule has 0 amide bonds. The monoisotopic (exact) mass is 769 g/mol. The van der Waals surface area contributed by atoms with Gasteiger partial charge in [-0.15, -0.1) is 0 Å². The molecule has 8 aromatic carbocycles. The summed E-state index contributed by atoms with van der Waals surface area (Å²) in [5.41, 5.74) is 16.7. The Morgan fingerprint density at radius 1 is 0.350 bits per heavy atom. The molecule has 0 spiro atoms. The third-order valence-electron chi connectivity index (χ3n) is 11.9. The Morgan fingerprint density at radius 3 is 1.37 bits per heavy atom. The van der Waals surface area contributed by atoms with E-state index < -0.39 is 0 Å². The zero-order chi connectivity index (χ0) is 40.2. The molecule has 0 aliphatic heterocycles. The fourth-order valence-electron chi connectivity index (χ4n) is 8.77. The number of para-hydroxylation sites is 3. The standard InChI is InChI=1S/C55H39N5/c1-55(2)47-34-40(38-20-14-22-42(32-38)53-58-51(36-16-6-3-7-17-36)57-52(59-53)37-18-8-4-9-19-37)28-30-45(47)46-31-29-41(35-48(46)55)39-21-15-23-43(33-39)54-56-49-26-12-13-27-50(49)60(54)44-24-10-5-11-25-44/h3-35H,1-2H3. The molecule has 0 atom stereocenters. The van der Waals surface area contributed by atoms with Crippen LogP contribution < -0.4 is 0 Å². The SMILES string of the molecule is CC1(C)c2cc(-c3cccc(-c4nc(-c5ccccc5)nc(-c5ccccc5)n4)c3)ccc2-c2ccc(-c3cccc(-c4nc5ccccc5n4-c4ccccc4)c3)cc21. The molecule has 0 N–H and O–H groups in total. The van der Waals surface area contributed by atoms with Crippen LogP contribution in [0, 0.1) is 0 Å². The van der Waals surface area contributed by atoms with Crippen LogP contribution >= 0.6 is 0 Å². The number of aromatic nitrogens is 5. The lowest BCUT2D eigenvalue weighted by molar-refractivity contribution is 0.661. The lowest BCUT2D eigenvalue weighted by Crippen LogP contribution is -2.15. The van der Waals surface area contributed by atoms with Crippen molar-refractivity contribution in [1.29, 1.82) is 0 Å². The van der Waals surface area contributed by atoms with E-state index in [9.17, 15) is 0 Å². The van der Waals surface area contributed by atoms with Gasteiger partial charge in [-0.1, -0.05) is 166 Å². The second-order valence-corrected chi connectivity index (χ2v) is 15.9. The number of benzene rings is 8. The molecular weight excluding hydrogens is 731 g/mol. The van der Waals surface area contributed by atoms with Crippen LogP contribution in [0.25, 0.3) is 95.7 Å². The van der Waals surface area contributed by atoms with Crippen LogP contribution in [0.5, 0.6) is 0 Å². The van der Waals surface area contributed by atoms with Crippen molar-refractivity contribution in [3.05, 3.63) is 211 Å². The Labute approximate surface area is 349 Å². The minimum absolute atomic E-state index is 0.212. The molecule has 5 heteroatoms. The third kappa shape index (κ3) is 6.11. The molecule has 0 fully saturated rings. The van der Waals surface area contributed by atoms with Crippen molar-refractivity contribution in [1.82, 2.24) is 24.5 Å². The summed E-state index contributed by atoms with van der Waals surface area (Å²) in [4.78, 5) is 20.0. The summed E-state index contributed by atoms with van der Waals surface area (Å²) in [6, 6.07) is 70.3. The van der Waals surface area contributed by atoms with Crippen LogP contribution in [0.15, 0.2) is 200 Å². The van der Waals surface area contributed by atoms with Gasteiger partial charge in [-0.3, -0.25) is 4.57 Å². The lowest BCUT2D eigenvalue weighted by atomic mass is 9.80. The molecule has 5 nitrogen and oxygen atoms in total. The van der Waals surface area contributed by atoms with Crippen molar-refractivity contribution < 1.29 is 0 Å². The van der Waals surface area contributed by atoms with E-state index >= 15 is 0 Å². The van der Waals surface area contributed by atoms with Crippen molar-refractivity contribution in [3.8, 4) is 84.6 Å². The molecule has 2 aromatic heterocycles. The largest absolute Gasteiger partial charge is 0.292 e. The first-order valence-electron chi connectivity index (χ1n) is 20.4. The zero-order valence-corrected chi connectivity index (χ0v) is 33.3. The predicted octanol–water partition coefficient (Wildman–Crippen LogP) is 13.5. The van der Waals surface area contributed by atoms with Crippen LogP contribution in [0.4, 0.5) is 0 Å². The minimum atomic E-state index is -0.212. The van der Waals surface area contributed by atoms with E-state index in [1.54, 1.807) is 0 Å². The van der Waals surface area contributed by atoms with Gasteiger partial charge in [0, 0.05) is 33.4 Å². The maximum absolute atomic E-state index is 5.14. The topological polar surface area (TPSA) is 56.5 Å². The van der Waals surface area contributed by atoms with E-state index in [-0.39, 0.29) is 5.41 Å². The molecule has 1 aliphatic rings. The summed E-state index contributed by atoms with van der Waals surface area (Å²) in [5.74, 6) is 2.88. The third-order valence-corrected chi connectivity index (χ3v) is 11.9. The van der Waals surface area contributed by atoms with Gasteiger partial charge < -0.3 is 0 Å². The fraction of sp³-hybridized carbons (Fsp3) is 0.0545. The Hall–Kier alpha value is -7.76. The average molecular weight is 770 g/mol. The summed E-state index contributed by atoms with van der Waals surface area (Å²) < 4.78 is 2.26. The first-order chi connectivity index (χ1) is 29.5. The second-order valence-electron chi connectivity index (χ2n) is 15.9. The van der Waals surface area contributed by atoms with Gasteiger partial charge in [-0.2, -0.15) is 0 Å². The quantitative estimate of drug-likeness (QED) is 0.162. The summed E-state index contributed by atoms with van der Waals surface area (Å²) >= 11 is 0. The molecule has 0 unspecified atom stereocenters. The van der Waals surface area contributed by atoms with Crippen LogP contribution in [0.3, 0.4) is 0 Å². The maximum Gasteiger partial charge on any atom is 0.164 e. The van der Waals surface area contributed by atoms with Crippen LogP contribution in [0.2, 0.25) is 0 Å². The Bertz CT molecular complexity index is 3160. The van der Waals surface area contributed by atoms with Crippen LogP contribution in [-0.2, 0) is 5.41 Å². The van der Waals surface area contributed by atoms with Gasteiger partial charge in [0.05, 0.1) is 11.0 Å². The fourth-order valence-corrected chi connectivity index (χ4v) is 8.77. The molecule has 284 valence electrons. The predicted molar refractivity (Wildman–Crippen MR) is 245 cm³/mol. The van der Waals surface area contributed by atoms with Crippen LogP contribution in [-0.4, -0.2) is 24.5 Å². The van der Waals surface area contributed by atoms with E-state index in [0.717, 1.165) is 61.5 Å². The van der Waals surface area contributed by atoms with Gasteiger partial charge in [0.15, 0.2) is 17.5 Å². The highest BCUT2D eigenvalue weighted by Crippen LogP contribution is 2.51. The van der Waals surface area contributed by atoms with Gasteiger partial charge >= 0.3 is 0 Å². The molecule has 1 aliphatic carbocycles. The van der Waals surface area contributed by atoms with E-state index in [1.165, 1.54) is 27.8 Å². The van der Waals surface area contributed by atoms with Crippen LogP contribution in [0.1, 0.15) is 25.0 Å². The minimum Gasteiger partial charge on any atom is -0.292 e. The van der Waals surface area contributed by atoms with Crippen molar-refractivity contribution in [3.63, 3.8) is 0 Å². The normalized spacial score (nSPS) is 12.6. The Kier molecular flexibility index (Phi) is 8.41. The number of fused-ring (bicyclic) bond motifs is 4. The second kappa shape index (κ2) is 14.3. The molecule has 0 bridgehead atoms. The number of hydrogen-bond acceptors (Lipinski definition) is 4. The smallest absolute Gasteiger partial charge is 0.164 e. The molecular formula is C55H39N5. The van der Waals surface area contributed by atoms with Gasteiger partial charge in [0.25, 0.3) is 0 Å². The molecule has 2 heterocycles. The molecule has 11 rings (SSSR count). The van der Waals surface area contributed by atoms with E-state index in [2.05, 4.69) is 158 Å². The van der Waals surface area contributed by atoms with Gasteiger partial charge in [0.1, 0.15) is 5.82 Å². The average Bonchev–Trinajstić information content (AvgIpc) is 3.82. The number of nitrogens with zero attached hydrogens (tertiary/aromatic N) is 5. The van der Waals surface area contributed by atoms with Crippen molar-refractivity contribution in [2.75, 3.05) is 0 Å². The van der Waals surface area contributed by atoms with Crippen molar-refractivity contribution in [2.45, 2.75) is 19.3 Å². The number of imidazole rings is 1. The van der Waals surface area contributed by atoms with Crippen molar-refractivity contribution >= 4 is 11.0 Å². The van der Waals surface area contributed by atoms with E-state index in [1.807, 2.05) is 60.7 Å². The summed E-state index contributed by atoms with van der Waals surface area (Å²) in [7, 11) is 0. The highest BCUT2D eigenvalue weighted by Gasteiger charge is 2.36. The maximum atomic E-state index is 5.14. The molecule has 0 saturated carbocycles. The summed E-state index contributed by atoms with van der Waals surface area (Å²) in [6.45, 7) is 4.70. The molecule has 0 radical (unpaired) electrons. The lowest BCUT2D eigenvalue weighted by Gasteiger charge is -2.23. The first-order valence-corrected chi connectivity index (χ1v) is 20.4. The summed E-state index contributed by atoms with van der Waals surface area (Å²) in [5, 5.41) is 0. The molecule has 10 aromatic rings. The van der Waals surface area contributed by atoms with E-state index in [4.69, 9.17) is 19.9 Å². The Balaban J connectivity index is 0.940. The number of rotatable bonds is 7. The highest BCUT2D eigenvalue weighted by atomic mass is 15.1. The van der Waals surface area contributed by atoms with Gasteiger partial charge in [-0.25, -0.2) is 19.9 Å².